The summed E-state index contributed by atoms with van der Waals surface area (Å²) in [7, 11) is 0. The molecule has 5 N–H and O–H groups in total. The number of unbranched alkanes of at least 4 members (excludes halogenated alkanes) is 2. The molecule has 36 heavy (non-hydrogen) atoms. The van der Waals surface area contributed by atoms with Crippen LogP contribution in [0.4, 0.5) is 4.79 Å². The molecular weight excluding hydrogens is 464 g/mol. The van der Waals surface area contributed by atoms with Crippen molar-refractivity contribution < 1.29 is 29.0 Å². The van der Waals surface area contributed by atoms with Crippen LogP contribution in [0.25, 0.3) is 0 Å². The van der Waals surface area contributed by atoms with Gasteiger partial charge in [0.15, 0.2) is 0 Å². The third kappa shape index (κ3) is 8.73. The van der Waals surface area contributed by atoms with E-state index in [9.17, 15) is 24.3 Å². The van der Waals surface area contributed by atoms with Crippen molar-refractivity contribution in [3.05, 3.63) is 29.3 Å². The van der Waals surface area contributed by atoms with E-state index in [-0.39, 0.29) is 17.7 Å². The molecule has 1 aliphatic rings. The predicted octanol–water partition coefficient (Wildman–Crippen LogP) is 2.81. The number of nitrogens with zero attached hydrogens (tertiary/aromatic N) is 1. The Labute approximate surface area is 212 Å². The van der Waals surface area contributed by atoms with E-state index >= 15 is 0 Å². The van der Waals surface area contributed by atoms with E-state index in [1.807, 2.05) is 0 Å². The number of nitrogens with one attached hydrogen (secondary N) is 2. The number of alkyl carbamates (subject to hydrolysis) is 1. The van der Waals surface area contributed by atoms with Crippen LogP contribution in [0.2, 0.25) is 0 Å². The van der Waals surface area contributed by atoms with Crippen LogP contribution < -0.4 is 16.4 Å². The van der Waals surface area contributed by atoms with Crippen molar-refractivity contribution in [1.82, 2.24) is 15.5 Å². The van der Waals surface area contributed by atoms with Crippen molar-refractivity contribution >= 4 is 23.8 Å². The fourth-order valence-corrected chi connectivity index (χ4v) is 3.87. The molecule has 0 aliphatic heterocycles. The molecule has 0 saturated heterocycles. The lowest BCUT2D eigenvalue weighted by Gasteiger charge is -2.34. The highest BCUT2D eigenvalue weighted by molar-refractivity contribution is 5.95. The van der Waals surface area contributed by atoms with Crippen LogP contribution in [0.5, 0.6) is 5.75 Å². The van der Waals surface area contributed by atoms with Crippen LogP contribution in [0.15, 0.2) is 18.2 Å². The van der Waals surface area contributed by atoms with Crippen molar-refractivity contribution in [1.29, 1.82) is 0 Å². The van der Waals surface area contributed by atoms with Gasteiger partial charge in [-0.3, -0.25) is 14.4 Å². The number of rotatable bonds is 12. The second-order valence-corrected chi connectivity index (χ2v) is 10.3. The third-order valence-corrected chi connectivity index (χ3v) is 5.73. The summed E-state index contributed by atoms with van der Waals surface area (Å²) in [6, 6.07) is 2.20. The minimum absolute atomic E-state index is 0.0725. The maximum atomic E-state index is 13.8. The molecule has 0 heterocycles. The average Bonchev–Trinajstić information content (AvgIpc) is 3.59. The fraction of sp³-hybridized carbons (Fsp3) is 0.615. The van der Waals surface area contributed by atoms with Crippen LogP contribution in [-0.4, -0.2) is 58.1 Å². The Hall–Kier alpha value is -3.30. The van der Waals surface area contributed by atoms with Gasteiger partial charge in [-0.1, -0.05) is 25.8 Å². The normalized spacial score (nSPS) is 14.9. The summed E-state index contributed by atoms with van der Waals surface area (Å²) in [5, 5.41) is 15.4. The lowest BCUT2D eigenvalue weighted by atomic mass is 9.99. The fourth-order valence-electron chi connectivity index (χ4n) is 3.87. The zero-order valence-electron chi connectivity index (χ0n) is 21.9. The number of ether oxygens (including phenoxy) is 1. The third-order valence-electron chi connectivity index (χ3n) is 5.73. The minimum atomic E-state index is -1.30. The van der Waals surface area contributed by atoms with E-state index in [0.29, 0.717) is 30.5 Å². The highest BCUT2D eigenvalue weighted by Crippen LogP contribution is 2.36. The van der Waals surface area contributed by atoms with Crippen molar-refractivity contribution in [3.63, 3.8) is 0 Å². The summed E-state index contributed by atoms with van der Waals surface area (Å²) in [5.74, 6) is -1.67. The second-order valence-electron chi connectivity index (χ2n) is 10.3. The number of carbonyl (C=O) groups is 4. The Kier molecular flexibility index (Phi) is 10.1. The number of aryl methyl sites for hydroxylation is 1. The highest BCUT2D eigenvalue weighted by atomic mass is 16.6. The number of nitrogens with two attached hydrogens (primary N) is 1. The number of carbonyl (C=O) groups excluding carboxylic acids is 4. The predicted molar refractivity (Wildman–Crippen MR) is 135 cm³/mol. The lowest BCUT2D eigenvalue weighted by molar-refractivity contribution is -0.144. The SMILES string of the molecule is CCCCCNC(=O)C(c1ccc(O)c(C)c1)N(C(=O)C(CC(N)=O)NC(=O)OC(C)(C)C)C1CC1. The minimum Gasteiger partial charge on any atom is -0.508 e. The van der Waals surface area contributed by atoms with Crippen molar-refractivity contribution in [2.45, 2.75) is 96.9 Å². The molecule has 10 nitrogen and oxygen atoms in total. The molecule has 1 aromatic carbocycles. The van der Waals surface area contributed by atoms with E-state index in [1.165, 1.54) is 11.0 Å². The van der Waals surface area contributed by atoms with E-state index in [4.69, 9.17) is 10.5 Å². The maximum Gasteiger partial charge on any atom is 0.408 e. The first-order valence-corrected chi connectivity index (χ1v) is 12.5. The van der Waals surface area contributed by atoms with Gasteiger partial charge in [0.2, 0.25) is 17.7 Å². The molecule has 1 fully saturated rings. The molecule has 1 saturated carbocycles. The first kappa shape index (κ1) is 28.9. The van der Waals surface area contributed by atoms with Crippen molar-refractivity contribution in [3.8, 4) is 5.75 Å². The van der Waals surface area contributed by atoms with Gasteiger partial charge in [0, 0.05) is 12.6 Å². The Morgan fingerprint density at radius 1 is 1.19 bits per heavy atom. The zero-order valence-corrected chi connectivity index (χ0v) is 21.9. The Morgan fingerprint density at radius 2 is 1.86 bits per heavy atom. The number of hydrogen-bond acceptors (Lipinski definition) is 6. The molecule has 10 heteroatoms. The number of aromatic hydroxyl groups is 1. The summed E-state index contributed by atoms with van der Waals surface area (Å²) < 4.78 is 5.27. The molecule has 1 aliphatic carbocycles. The highest BCUT2D eigenvalue weighted by Gasteiger charge is 2.44. The number of phenolic OH excluding ortho intramolecular Hbond substituents is 1. The standard InChI is InChI=1S/C26H40N4O6/c1-6-7-8-13-28-23(33)22(17-9-12-20(31)16(2)14-17)30(18-10-11-18)24(34)19(15-21(27)32)29-25(35)36-26(3,4)5/h9,12,14,18-19,22,31H,6-8,10-11,13,15H2,1-5H3,(H2,27,32)(H,28,33)(H,29,35). The number of benzene rings is 1. The second kappa shape index (κ2) is 12.6. The summed E-state index contributed by atoms with van der Waals surface area (Å²) in [4.78, 5) is 53.0. The van der Waals surface area contributed by atoms with E-state index in [1.54, 1.807) is 39.8 Å². The summed E-state index contributed by atoms with van der Waals surface area (Å²) in [6.45, 7) is 9.26. The first-order valence-electron chi connectivity index (χ1n) is 12.5. The summed E-state index contributed by atoms with van der Waals surface area (Å²) >= 11 is 0. The molecule has 2 unspecified atom stereocenters. The summed E-state index contributed by atoms with van der Waals surface area (Å²) in [6.07, 6.45) is 2.80. The largest absolute Gasteiger partial charge is 0.508 e. The van der Waals surface area contributed by atoms with Gasteiger partial charge in [-0.25, -0.2) is 4.79 Å². The molecule has 0 radical (unpaired) electrons. The van der Waals surface area contributed by atoms with Gasteiger partial charge in [-0.2, -0.15) is 0 Å². The van der Waals surface area contributed by atoms with Crippen LogP contribution in [0, 0.1) is 6.92 Å². The van der Waals surface area contributed by atoms with Gasteiger partial charge in [-0.05, 0) is 70.2 Å². The number of amides is 4. The molecule has 0 aromatic heterocycles. The quantitative estimate of drug-likeness (QED) is 0.321. The smallest absolute Gasteiger partial charge is 0.408 e. The molecular formula is C26H40N4O6. The molecule has 0 bridgehead atoms. The molecule has 0 spiro atoms. The zero-order chi connectivity index (χ0) is 27.0. The van der Waals surface area contributed by atoms with Gasteiger partial charge in [-0.15, -0.1) is 0 Å². The number of primary amides is 1. The van der Waals surface area contributed by atoms with Crippen LogP contribution in [-0.2, 0) is 19.1 Å². The molecule has 1 aromatic rings. The summed E-state index contributed by atoms with van der Waals surface area (Å²) in [5.41, 5.74) is 5.66. The Balaban J connectivity index is 2.42. The lowest BCUT2D eigenvalue weighted by Crippen LogP contribution is -2.54. The van der Waals surface area contributed by atoms with Crippen LogP contribution in [0.3, 0.4) is 0 Å². The number of hydrogen-bond donors (Lipinski definition) is 4. The molecule has 2 atom stereocenters. The topological polar surface area (TPSA) is 151 Å². The molecule has 4 amide bonds. The monoisotopic (exact) mass is 504 g/mol. The Bertz CT molecular complexity index is 954. The van der Waals surface area contributed by atoms with Crippen LogP contribution >= 0.6 is 0 Å². The Morgan fingerprint density at radius 3 is 2.39 bits per heavy atom. The number of phenols is 1. The maximum absolute atomic E-state index is 13.8. The van der Waals surface area contributed by atoms with Crippen LogP contribution in [0.1, 0.15) is 83.4 Å². The first-order chi connectivity index (χ1) is 16.8. The van der Waals surface area contributed by atoms with Gasteiger partial charge in [0.1, 0.15) is 23.4 Å². The van der Waals surface area contributed by atoms with E-state index in [0.717, 1.165) is 19.3 Å². The molecule has 2 rings (SSSR count). The van der Waals surface area contributed by atoms with Crippen molar-refractivity contribution in [2.24, 2.45) is 5.73 Å². The van der Waals surface area contributed by atoms with E-state index < -0.39 is 42.0 Å². The van der Waals surface area contributed by atoms with Gasteiger partial charge in [0.25, 0.3) is 0 Å². The van der Waals surface area contributed by atoms with E-state index in [2.05, 4.69) is 17.6 Å². The molecule has 200 valence electrons. The average molecular weight is 505 g/mol. The van der Waals surface area contributed by atoms with Gasteiger partial charge >= 0.3 is 6.09 Å². The van der Waals surface area contributed by atoms with Gasteiger partial charge < -0.3 is 31.1 Å². The van der Waals surface area contributed by atoms with Crippen molar-refractivity contribution in [2.75, 3.05) is 6.54 Å². The van der Waals surface area contributed by atoms with Gasteiger partial charge in [0.05, 0.1) is 6.42 Å².